The van der Waals surface area contributed by atoms with E-state index in [-0.39, 0.29) is 17.8 Å². The van der Waals surface area contributed by atoms with Gasteiger partial charge in [0.1, 0.15) is 0 Å². The average Bonchev–Trinajstić information content (AvgIpc) is 2.89. The summed E-state index contributed by atoms with van der Waals surface area (Å²) in [5, 5.41) is 21.3. The average molecular weight is 283 g/mol. The molecule has 0 aromatic carbocycles. The zero-order chi connectivity index (χ0) is 14.4. The lowest BCUT2D eigenvalue weighted by Gasteiger charge is -2.23. The summed E-state index contributed by atoms with van der Waals surface area (Å²) in [6.07, 6.45) is 3.18. The number of ether oxygens (including phenoxy) is 1. The summed E-state index contributed by atoms with van der Waals surface area (Å²) < 4.78 is 6.63. The Balaban J connectivity index is 1.66. The van der Waals surface area contributed by atoms with Crippen molar-refractivity contribution in [3.05, 3.63) is 11.9 Å². The highest BCUT2D eigenvalue weighted by Crippen LogP contribution is 2.05. The molecule has 9 nitrogen and oxygen atoms in total. The Kier molecular flexibility index (Phi) is 4.88. The minimum atomic E-state index is -1.13. The van der Waals surface area contributed by atoms with E-state index >= 15 is 0 Å². The number of rotatable bonds is 5. The molecule has 0 aliphatic carbocycles. The Hall–Kier alpha value is -2.16. The van der Waals surface area contributed by atoms with Crippen LogP contribution in [0.2, 0.25) is 0 Å². The molecular weight excluding hydrogens is 266 g/mol. The second-order valence-corrected chi connectivity index (χ2v) is 4.49. The maximum atomic E-state index is 11.6. The van der Waals surface area contributed by atoms with Crippen molar-refractivity contribution in [3.8, 4) is 0 Å². The van der Waals surface area contributed by atoms with Gasteiger partial charge in [-0.25, -0.2) is 14.3 Å². The largest absolute Gasteiger partial charge is 0.476 e. The number of nitrogens with zero attached hydrogens (tertiary/aromatic N) is 3. The van der Waals surface area contributed by atoms with Crippen LogP contribution in [0.4, 0.5) is 4.79 Å². The third kappa shape index (κ3) is 4.19. The smallest absolute Gasteiger partial charge is 0.358 e. The fourth-order valence-electron chi connectivity index (χ4n) is 1.88. The number of carboxylic acid groups (broad SMARTS) is 1. The van der Waals surface area contributed by atoms with Crippen LogP contribution in [-0.4, -0.2) is 57.9 Å². The van der Waals surface area contributed by atoms with Crippen molar-refractivity contribution in [1.29, 1.82) is 0 Å². The van der Waals surface area contributed by atoms with Crippen LogP contribution in [0, 0.1) is 0 Å². The third-order valence-electron chi connectivity index (χ3n) is 2.88. The van der Waals surface area contributed by atoms with Gasteiger partial charge in [-0.2, -0.15) is 0 Å². The Morgan fingerprint density at radius 2 is 2.40 bits per heavy atom. The fourth-order valence-corrected chi connectivity index (χ4v) is 1.88. The first-order valence-electron chi connectivity index (χ1n) is 6.40. The van der Waals surface area contributed by atoms with Gasteiger partial charge < -0.3 is 20.5 Å². The van der Waals surface area contributed by atoms with Crippen molar-refractivity contribution in [2.75, 3.05) is 19.8 Å². The molecule has 1 aliphatic heterocycles. The predicted octanol–water partition coefficient (Wildman–Crippen LogP) is -0.545. The highest BCUT2D eigenvalue weighted by molar-refractivity contribution is 5.84. The topological polar surface area (TPSA) is 118 Å². The van der Waals surface area contributed by atoms with Gasteiger partial charge >= 0.3 is 12.0 Å². The first-order valence-corrected chi connectivity index (χ1v) is 6.40. The van der Waals surface area contributed by atoms with Gasteiger partial charge in [-0.1, -0.05) is 5.21 Å². The van der Waals surface area contributed by atoms with Crippen LogP contribution < -0.4 is 10.6 Å². The maximum Gasteiger partial charge on any atom is 0.358 e. The molecule has 9 heteroatoms. The minimum absolute atomic E-state index is 0.0498. The molecule has 0 radical (unpaired) electrons. The molecular formula is C11H17N5O4. The van der Waals surface area contributed by atoms with Gasteiger partial charge in [0.25, 0.3) is 0 Å². The molecule has 1 unspecified atom stereocenters. The van der Waals surface area contributed by atoms with E-state index in [0.29, 0.717) is 19.7 Å². The van der Waals surface area contributed by atoms with Crippen LogP contribution in [0.1, 0.15) is 23.3 Å². The second kappa shape index (κ2) is 6.85. The molecule has 1 aromatic rings. The van der Waals surface area contributed by atoms with Crippen LogP contribution in [0.5, 0.6) is 0 Å². The Bertz CT molecular complexity index is 469. The van der Waals surface area contributed by atoms with Gasteiger partial charge in [0.15, 0.2) is 5.69 Å². The lowest BCUT2D eigenvalue weighted by atomic mass is 10.1. The van der Waals surface area contributed by atoms with E-state index < -0.39 is 5.97 Å². The quantitative estimate of drug-likeness (QED) is 0.667. The van der Waals surface area contributed by atoms with E-state index in [1.807, 2.05) is 0 Å². The SMILES string of the molecule is O=C(NCCn1cc(C(=O)O)nn1)NC1CCCOC1. The van der Waals surface area contributed by atoms with Crippen molar-refractivity contribution < 1.29 is 19.4 Å². The van der Waals surface area contributed by atoms with Gasteiger partial charge in [-0.15, -0.1) is 5.10 Å². The van der Waals surface area contributed by atoms with E-state index in [1.54, 1.807) is 0 Å². The van der Waals surface area contributed by atoms with Crippen LogP contribution >= 0.6 is 0 Å². The first-order chi connectivity index (χ1) is 9.65. The summed E-state index contributed by atoms with van der Waals surface area (Å²) >= 11 is 0. The molecule has 20 heavy (non-hydrogen) atoms. The normalized spacial score (nSPS) is 18.5. The minimum Gasteiger partial charge on any atom is -0.476 e. The van der Waals surface area contributed by atoms with Gasteiger partial charge in [0.2, 0.25) is 0 Å². The third-order valence-corrected chi connectivity index (χ3v) is 2.88. The number of carbonyl (C=O) groups excluding carboxylic acids is 1. The molecule has 1 aliphatic rings. The number of carbonyl (C=O) groups is 2. The molecule has 1 saturated heterocycles. The van der Waals surface area contributed by atoms with Crippen molar-refractivity contribution in [3.63, 3.8) is 0 Å². The summed E-state index contributed by atoms with van der Waals surface area (Å²) in [5.74, 6) is -1.13. The monoisotopic (exact) mass is 283 g/mol. The van der Waals surface area contributed by atoms with Crippen molar-refractivity contribution >= 4 is 12.0 Å². The van der Waals surface area contributed by atoms with E-state index in [4.69, 9.17) is 9.84 Å². The highest BCUT2D eigenvalue weighted by Gasteiger charge is 2.15. The lowest BCUT2D eigenvalue weighted by Crippen LogP contribution is -2.46. The van der Waals surface area contributed by atoms with E-state index in [2.05, 4.69) is 20.9 Å². The Morgan fingerprint density at radius 1 is 1.55 bits per heavy atom. The van der Waals surface area contributed by atoms with Crippen molar-refractivity contribution in [2.45, 2.75) is 25.4 Å². The van der Waals surface area contributed by atoms with Crippen LogP contribution in [0.15, 0.2) is 6.20 Å². The number of amides is 2. The summed E-state index contributed by atoms with van der Waals surface area (Å²) in [4.78, 5) is 22.2. The maximum absolute atomic E-state index is 11.6. The summed E-state index contributed by atoms with van der Waals surface area (Å²) in [7, 11) is 0. The van der Waals surface area contributed by atoms with E-state index in [9.17, 15) is 9.59 Å². The first kappa shape index (κ1) is 14.3. The molecule has 3 N–H and O–H groups in total. The number of urea groups is 1. The molecule has 2 rings (SSSR count). The summed E-state index contributed by atoms with van der Waals surface area (Å²) in [5.41, 5.74) is -0.117. The predicted molar refractivity (Wildman–Crippen MR) is 67.4 cm³/mol. The number of nitrogens with one attached hydrogen (secondary N) is 2. The van der Waals surface area contributed by atoms with Gasteiger partial charge in [-0.3, -0.25) is 0 Å². The second-order valence-electron chi connectivity index (χ2n) is 4.49. The Morgan fingerprint density at radius 3 is 3.05 bits per heavy atom. The molecule has 1 atom stereocenters. The van der Waals surface area contributed by atoms with Crippen LogP contribution in [0.3, 0.4) is 0 Å². The fraction of sp³-hybridized carbons (Fsp3) is 0.636. The van der Waals surface area contributed by atoms with Crippen molar-refractivity contribution in [1.82, 2.24) is 25.6 Å². The van der Waals surface area contributed by atoms with Gasteiger partial charge in [0.05, 0.1) is 25.4 Å². The molecule has 0 bridgehead atoms. The van der Waals surface area contributed by atoms with Crippen LogP contribution in [-0.2, 0) is 11.3 Å². The summed E-state index contributed by atoms with van der Waals surface area (Å²) in [6, 6.07) is -0.215. The van der Waals surface area contributed by atoms with Gasteiger partial charge in [-0.05, 0) is 12.8 Å². The zero-order valence-corrected chi connectivity index (χ0v) is 10.9. The van der Waals surface area contributed by atoms with Crippen molar-refractivity contribution in [2.24, 2.45) is 0 Å². The number of hydrogen-bond acceptors (Lipinski definition) is 5. The van der Waals surface area contributed by atoms with E-state index in [1.165, 1.54) is 10.9 Å². The number of aromatic nitrogens is 3. The molecule has 2 heterocycles. The lowest BCUT2D eigenvalue weighted by molar-refractivity contribution is 0.0690. The standard InChI is InChI=1S/C11H17N5O4/c17-10(18)9-6-16(15-14-9)4-3-12-11(19)13-8-2-1-5-20-7-8/h6,8H,1-5,7H2,(H,17,18)(H2,12,13,19). The van der Waals surface area contributed by atoms with Crippen LogP contribution in [0.25, 0.3) is 0 Å². The molecule has 0 saturated carbocycles. The highest BCUT2D eigenvalue weighted by atomic mass is 16.5. The molecule has 2 amide bonds. The number of hydrogen-bond donors (Lipinski definition) is 3. The zero-order valence-electron chi connectivity index (χ0n) is 10.9. The number of carboxylic acids is 1. The molecule has 1 aromatic heterocycles. The Labute approximate surface area is 115 Å². The molecule has 110 valence electrons. The van der Waals surface area contributed by atoms with E-state index in [0.717, 1.165) is 19.4 Å². The summed E-state index contributed by atoms with van der Waals surface area (Å²) in [6.45, 7) is 1.98. The molecule has 1 fully saturated rings. The number of aromatic carboxylic acids is 1. The van der Waals surface area contributed by atoms with Gasteiger partial charge in [0, 0.05) is 13.2 Å². The molecule has 0 spiro atoms.